The summed E-state index contributed by atoms with van der Waals surface area (Å²) in [7, 11) is 1.72. The van der Waals surface area contributed by atoms with Crippen molar-refractivity contribution in [2.45, 2.75) is 44.9 Å². The SMILES string of the molecule is COc1ccc(C(CCl)C2CCCCC2)cc1C. The van der Waals surface area contributed by atoms with E-state index in [1.807, 2.05) is 0 Å². The van der Waals surface area contributed by atoms with E-state index in [0.29, 0.717) is 5.92 Å². The van der Waals surface area contributed by atoms with E-state index in [0.717, 1.165) is 17.5 Å². The van der Waals surface area contributed by atoms with Crippen molar-refractivity contribution in [2.75, 3.05) is 13.0 Å². The van der Waals surface area contributed by atoms with Crippen molar-refractivity contribution in [1.29, 1.82) is 0 Å². The highest BCUT2D eigenvalue weighted by atomic mass is 35.5. The maximum atomic E-state index is 6.23. The van der Waals surface area contributed by atoms with Gasteiger partial charge in [0.05, 0.1) is 7.11 Å². The fourth-order valence-electron chi connectivity index (χ4n) is 3.16. The van der Waals surface area contributed by atoms with Crippen molar-refractivity contribution in [3.8, 4) is 5.75 Å². The average molecular weight is 267 g/mol. The van der Waals surface area contributed by atoms with E-state index < -0.39 is 0 Å². The Hall–Kier alpha value is -0.690. The summed E-state index contributed by atoms with van der Waals surface area (Å²) in [6.07, 6.45) is 6.80. The molecule has 1 aromatic carbocycles. The Morgan fingerprint density at radius 2 is 2.00 bits per heavy atom. The Morgan fingerprint density at radius 3 is 2.56 bits per heavy atom. The van der Waals surface area contributed by atoms with Crippen LogP contribution < -0.4 is 4.74 Å². The Kier molecular flexibility index (Phi) is 4.94. The Labute approximate surface area is 115 Å². The second-order valence-electron chi connectivity index (χ2n) is 5.39. The molecule has 1 aliphatic carbocycles. The first-order valence-corrected chi connectivity index (χ1v) is 7.50. The number of ether oxygens (including phenoxy) is 1. The number of methoxy groups -OCH3 is 1. The second-order valence-corrected chi connectivity index (χ2v) is 5.70. The molecule has 1 nitrogen and oxygen atoms in total. The molecule has 0 spiro atoms. The van der Waals surface area contributed by atoms with Crippen LogP contribution in [0.15, 0.2) is 18.2 Å². The highest BCUT2D eigenvalue weighted by Gasteiger charge is 2.24. The van der Waals surface area contributed by atoms with Crippen molar-refractivity contribution < 1.29 is 4.74 Å². The molecule has 0 N–H and O–H groups in total. The molecular weight excluding hydrogens is 244 g/mol. The van der Waals surface area contributed by atoms with Crippen LogP contribution in [-0.4, -0.2) is 13.0 Å². The monoisotopic (exact) mass is 266 g/mol. The van der Waals surface area contributed by atoms with Gasteiger partial charge in [-0.1, -0.05) is 31.4 Å². The van der Waals surface area contributed by atoms with Gasteiger partial charge in [-0.25, -0.2) is 0 Å². The molecule has 0 heterocycles. The van der Waals surface area contributed by atoms with Gasteiger partial charge in [0, 0.05) is 11.8 Å². The Balaban J connectivity index is 2.18. The first-order valence-electron chi connectivity index (χ1n) is 6.96. The molecule has 1 saturated carbocycles. The molecular formula is C16H23ClO. The van der Waals surface area contributed by atoms with Crippen LogP contribution in [0.5, 0.6) is 5.75 Å². The van der Waals surface area contributed by atoms with Crippen molar-refractivity contribution in [1.82, 2.24) is 0 Å². The molecule has 1 fully saturated rings. The van der Waals surface area contributed by atoms with Crippen LogP contribution >= 0.6 is 11.6 Å². The van der Waals surface area contributed by atoms with Gasteiger partial charge in [-0.3, -0.25) is 0 Å². The van der Waals surface area contributed by atoms with Crippen LogP contribution in [0.1, 0.15) is 49.1 Å². The molecule has 0 amide bonds. The van der Waals surface area contributed by atoms with E-state index in [4.69, 9.17) is 16.3 Å². The van der Waals surface area contributed by atoms with Crippen LogP contribution in [0, 0.1) is 12.8 Å². The summed E-state index contributed by atoms with van der Waals surface area (Å²) in [5.41, 5.74) is 2.59. The van der Waals surface area contributed by atoms with Crippen LogP contribution in [0.25, 0.3) is 0 Å². The van der Waals surface area contributed by atoms with Gasteiger partial charge in [-0.15, -0.1) is 11.6 Å². The predicted octanol–water partition coefficient (Wildman–Crippen LogP) is 4.91. The van der Waals surface area contributed by atoms with Crippen molar-refractivity contribution in [3.63, 3.8) is 0 Å². The summed E-state index contributed by atoms with van der Waals surface area (Å²) in [5.74, 6) is 2.98. The van der Waals surface area contributed by atoms with Crippen molar-refractivity contribution in [2.24, 2.45) is 5.92 Å². The smallest absolute Gasteiger partial charge is 0.121 e. The van der Waals surface area contributed by atoms with Crippen LogP contribution in [0.4, 0.5) is 0 Å². The maximum absolute atomic E-state index is 6.23. The lowest BCUT2D eigenvalue weighted by Gasteiger charge is -2.29. The quantitative estimate of drug-likeness (QED) is 0.704. The van der Waals surface area contributed by atoms with E-state index in [2.05, 4.69) is 25.1 Å². The maximum Gasteiger partial charge on any atom is 0.121 e. The van der Waals surface area contributed by atoms with E-state index in [1.165, 1.54) is 43.2 Å². The summed E-state index contributed by atoms with van der Waals surface area (Å²) in [5, 5.41) is 0. The van der Waals surface area contributed by atoms with E-state index in [9.17, 15) is 0 Å². The molecule has 2 heteroatoms. The minimum Gasteiger partial charge on any atom is -0.496 e. The molecule has 1 atom stereocenters. The van der Waals surface area contributed by atoms with Gasteiger partial charge in [0.2, 0.25) is 0 Å². The molecule has 0 radical (unpaired) electrons. The highest BCUT2D eigenvalue weighted by molar-refractivity contribution is 6.18. The summed E-state index contributed by atoms with van der Waals surface area (Å²) in [6.45, 7) is 2.11. The summed E-state index contributed by atoms with van der Waals surface area (Å²) >= 11 is 6.23. The zero-order valence-corrected chi connectivity index (χ0v) is 12.2. The normalized spacial score (nSPS) is 18.6. The number of hydrogen-bond acceptors (Lipinski definition) is 1. The molecule has 0 bridgehead atoms. The fourth-order valence-corrected chi connectivity index (χ4v) is 3.59. The third-order valence-corrected chi connectivity index (χ3v) is 4.56. The second kappa shape index (κ2) is 6.47. The van der Waals surface area contributed by atoms with E-state index >= 15 is 0 Å². The largest absolute Gasteiger partial charge is 0.496 e. The molecule has 100 valence electrons. The zero-order chi connectivity index (χ0) is 13.0. The van der Waals surface area contributed by atoms with Crippen LogP contribution in [0.2, 0.25) is 0 Å². The minimum absolute atomic E-state index is 0.511. The topological polar surface area (TPSA) is 9.23 Å². The van der Waals surface area contributed by atoms with Gasteiger partial charge in [0.1, 0.15) is 5.75 Å². The molecule has 1 unspecified atom stereocenters. The number of alkyl halides is 1. The lowest BCUT2D eigenvalue weighted by molar-refractivity contribution is 0.317. The summed E-state index contributed by atoms with van der Waals surface area (Å²) in [6, 6.07) is 6.51. The lowest BCUT2D eigenvalue weighted by Crippen LogP contribution is -2.17. The van der Waals surface area contributed by atoms with Crippen molar-refractivity contribution >= 4 is 11.6 Å². The number of aryl methyl sites for hydroxylation is 1. The fraction of sp³-hybridized carbons (Fsp3) is 0.625. The van der Waals surface area contributed by atoms with Gasteiger partial charge in [-0.2, -0.15) is 0 Å². The summed E-state index contributed by atoms with van der Waals surface area (Å²) in [4.78, 5) is 0. The molecule has 1 aromatic rings. The number of hydrogen-bond donors (Lipinski definition) is 0. The Morgan fingerprint density at radius 1 is 1.28 bits per heavy atom. The molecule has 0 saturated heterocycles. The molecule has 0 aliphatic heterocycles. The van der Waals surface area contributed by atoms with E-state index in [-0.39, 0.29) is 0 Å². The molecule has 0 aromatic heterocycles. The first kappa shape index (κ1) is 13.7. The number of rotatable bonds is 4. The molecule has 2 rings (SSSR count). The standard InChI is InChI=1S/C16H23ClO/c1-12-10-14(8-9-16(12)18-2)15(11-17)13-6-4-3-5-7-13/h8-10,13,15H,3-7,11H2,1-2H3. The lowest BCUT2D eigenvalue weighted by atomic mass is 9.77. The predicted molar refractivity (Wildman–Crippen MR) is 77.8 cm³/mol. The van der Waals surface area contributed by atoms with Gasteiger partial charge < -0.3 is 4.74 Å². The molecule has 18 heavy (non-hydrogen) atoms. The first-order chi connectivity index (χ1) is 8.76. The van der Waals surface area contributed by atoms with Gasteiger partial charge in [0.25, 0.3) is 0 Å². The Bertz CT molecular complexity index is 383. The third-order valence-electron chi connectivity index (χ3n) is 4.23. The van der Waals surface area contributed by atoms with Crippen LogP contribution in [-0.2, 0) is 0 Å². The van der Waals surface area contributed by atoms with Crippen LogP contribution in [0.3, 0.4) is 0 Å². The average Bonchev–Trinajstić information content (AvgIpc) is 2.41. The van der Waals surface area contributed by atoms with Gasteiger partial charge in [0.15, 0.2) is 0 Å². The number of benzene rings is 1. The highest BCUT2D eigenvalue weighted by Crippen LogP contribution is 2.37. The van der Waals surface area contributed by atoms with Gasteiger partial charge >= 0.3 is 0 Å². The minimum atomic E-state index is 0.511. The number of halogens is 1. The van der Waals surface area contributed by atoms with Crippen molar-refractivity contribution in [3.05, 3.63) is 29.3 Å². The molecule has 1 aliphatic rings. The van der Waals surface area contributed by atoms with E-state index in [1.54, 1.807) is 7.11 Å². The zero-order valence-electron chi connectivity index (χ0n) is 11.4. The van der Waals surface area contributed by atoms with Gasteiger partial charge in [-0.05, 0) is 42.9 Å². The summed E-state index contributed by atoms with van der Waals surface area (Å²) < 4.78 is 5.33. The third kappa shape index (κ3) is 3.00.